The zero-order valence-corrected chi connectivity index (χ0v) is 35.7. The molecule has 0 radical (unpaired) electrons. The van der Waals surface area contributed by atoms with Crippen LogP contribution in [0.25, 0.3) is 32.7 Å². The van der Waals surface area contributed by atoms with Gasteiger partial charge >= 0.3 is 76.7 Å². The van der Waals surface area contributed by atoms with Crippen LogP contribution >= 0.6 is 0 Å². The second kappa shape index (κ2) is 15.6. The Balaban J connectivity index is 0.000000228. The Morgan fingerprint density at radius 3 is 1.65 bits per heavy atom. The summed E-state index contributed by atoms with van der Waals surface area (Å²) in [7, 11) is 0. The first-order chi connectivity index (χ1) is 22.0. The van der Waals surface area contributed by atoms with Gasteiger partial charge in [-0.3, -0.25) is 6.08 Å². The second-order valence-corrected chi connectivity index (χ2v) is 17.5. The van der Waals surface area contributed by atoms with Crippen molar-refractivity contribution in [2.45, 2.75) is 107 Å². The van der Waals surface area contributed by atoms with Crippen molar-refractivity contribution in [3.63, 3.8) is 0 Å². The Morgan fingerprint density at radius 1 is 0.796 bits per heavy atom. The molecule has 4 aromatic rings. The van der Waals surface area contributed by atoms with Crippen molar-refractivity contribution < 1.29 is 49.0 Å². The van der Waals surface area contributed by atoms with E-state index in [0.717, 1.165) is 6.42 Å². The Labute approximate surface area is 324 Å². The molecule has 0 amide bonds. The van der Waals surface area contributed by atoms with Crippen LogP contribution in [0, 0.1) is 17.4 Å². The Bertz CT molecular complexity index is 1880. The molecule has 0 aliphatic heterocycles. The van der Waals surface area contributed by atoms with Gasteiger partial charge in [0, 0.05) is 10.8 Å². The van der Waals surface area contributed by atoms with E-state index in [1.54, 1.807) is 3.21 Å². The summed E-state index contributed by atoms with van der Waals surface area (Å²) in [5, 5.41) is 5.57. The van der Waals surface area contributed by atoms with Gasteiger partial charge in [-0.25, -0.2) is 5.57 Å². The topological polar surface area (TPSA) is 0 Å². The summed E-state index contributed by atoms with van der Waals surface area (Å²) >= 11 is 1.54. The van der Waals surface area contributed by atoms with Gasteiger partial charge in [-0.05, 0) is 36.1 Å². The summed E-state index contributed by atoms with van der Waals surface area (Å²) in [6, 6.07) is 22.7. The number of fused-ring (bicyclic) bond motifs is 5. The van der Waals surface area contributed by atoms with Crippen LogP contribution in [0.15, 0.2) is 90.0 Å². The van der Waals surface area contributed by atoms with Crippen molar-refractivity contribution >= 4 is 35.9 Å². The van der Waals surface area contributed by atoms with E-state index in [2.05, 4.69) is 168 Å². The van der Waals surface area contributed by atoms with E-state index in [1.807, 2.05) is 0 Å². The van der Waals surface area contributed by atoms with Gasteiger partial charge in [0.2, 0.25) is 0 Å². The third kappa shape index (κ3) is 8.49. The number of hydrogen-bond donors (Lipinski definition) is 0. The Hall–Kier alpha value is -2.18. The van der Waals surface area contributed by atoms with Crippen LogP contribution in [0.4, 0.5) is 0 Å². The van der Waals surface area contributed by atoms with Crippen molar-refractivity contribution in [1.29, 1.82) is 0 Å². The van der Waals surface area contributed by atoms with Crippen molar-refractivity contribution in [3.8, 4) is 0 Å². The summed E-state index contributed by atoms with van der Waals surface area (Å²) in [5.41, 5.74) is 13.5. The fourth-order valence-electron chi connectivity index (χ4n) is 7.80. The molecule has 49 heavy (non-hydrogen) atoms. The van der Waals surface area contributed by atoms with Gasteiger partial charge in [0.15, 0.2) is 0 Å². The van der Waals surface area contributed by atoms with Gasteiger partial charge in [0.25, 0.3) is 0 Å². The normalized spacial score (nSPS) is 18.0. The second-order valence-electron chi connectivity index (χ2n) is 16.0. The van der Waals surface area contributed by atoms with Crippen LogP contribution in [-0.2, 0) is 35.1 Å². The van der Waals surface area contributed by atoms with Gasteiger partial charge in [-0.1, -0.05) is 115 Å². The fourth-order valence-corrected chi connectivity index (χ4v) is 8.21. The van der Waals surface area contributed by atoms with E-state index >= 15 is 0 Å². The van der Waals surface area contributed by atoms with E-state index in [9.17, 15) is 0 Å². The van der Waals surface area contributed by atoms with E-state index in [4.69, 9.17) is 0 Å². The van der Waals surface area contributed by atoms with Crippen LogP contribution in [0.3, 0.4) is 0 Å². The van der Waals surface area contributed by atoms with Gasteiger partial charge in [0.05, 0.1) is 0 Å². The number of rotatable bonds is 3. The average molecular weight is 769 g/mol. The van der Waals surface area contributed by atoms with E-state index in [1.165, 1.54) is 102 Å². The number of halogens is 2. The van der Waals surface area contributed by atoms with Crippen molar-refractivity contribution in [2.75, 3.05) is 0 Å². The molecule has 3 aliphatic carbocycles. The predicted molar refractivity (Wildman–Crippen MR) is 205 cm³/mol. The van der Waals surface area contributed by atoms with E-state index in [-0.39, 0.29) is 35.6 Å². The van der Waals surface area contributed by atoms with Crippen LogP contribution in [-0.4, -0.2) is 3.21 Å². The van der Waals surface area contributed by atoms with Gasteiger partial charge in [0.1, 0.15) is 0 Å². The third-order valence-corrected chi connectivity index (χ3v) is 11.7. The van der Waals surface area contributed by atoms with Crippen LogP contribution in [0.1, 0.15) is 124 Å². The minimum atomic E-state index is 0. The molecule has 0 aromatic heterocycles. The molecule has 3 aliphatic rings. The summed E-state index contributed by atoms with van der Waals surface area (Å²) < 4.78 is 1.55. The monoisotopic (exact) mass is 766 g/mol. The summed E-state index contributed by atoms with van der Waals surface area (Å²) in [4.78, 5) is 0. The molecule has 1 atom stereocenters. The van der Waals surface area contributed by atoms with Crippen LogP contribution in [0.5, 0.6) is 0 Å². The third-order valence-electron chi connectivity index (χ3n) is 10.2. The standard InChI is InChI=1S/C25H25.C12H19.C9H10.2ClH.Zr/c1-14-12-24(3,4)22-8-16-7-17-9-23-19(15(2)13-25(23,5)6)11-21(17)20(16)10-18(14)22;1-6-10-7-9(2)8-11(10)12(3,4)5;1-2-6-9-7-4-3-5-8-9;;;/h7-13H,1-6H3;8-9H,6H2,1-5H3;3-5,7-8H,2H2,1H3;2*1H;/q2*-1;;;;+2/p-2. The molecule has 3 heteroatoms. The summed E-state index contributed by atoms with van der Waals surface area (Å²) in [6.45, 7) is 27.2. The minimum absolute atomic E-state index is 0. The zero-order chi connectivity index (χ0) is 34.5. The fraction of sp³-hybridized carbons (Fsp3) is 0.391. The maximum atomic E-state index is 3.48. The smallest absolute Gasteiger partial charge is 1.00 e. The summed E-state index contributed by atoms with van der Waals surface area (Å²) in [6.07, 6.45) is 12.9. The van der Waals surface area contributed by atoms with Gasteiger partial charge in [-0.15, -0.1) is 39.7 Å². The molecule has 7 rings (SSSR count). The quantitative estimate of drug-likeness (QED) is 0.197. The van der Waals surface area contributed by atoms with E-state index in [0.29, 0.717) is 11.3 Å². The SMILES string of the molecule is CC1=CC(C)(C)c2cc3[cH-]c4cc5c(cc4c3cc21)C(C)=CC5(C)C.CCC1=[C-]C(C)C=C1C(C)(C)C.CC[C](=[Zr+2])c1ccccc1.[Cl-].[Cl-]. The maximum Gasteiger partial charge on any atom is -1.00 e. The molecule has 258 valence electrons. The molecule has 4 aromatic carbocycles. The first-order valence-corrected chi connectivity index (χ1v) is 18.8. The number of benzene rings is 3. The Morgan fingerprint density at radius 2 is 1.27 bits per heavy atom. The first-order valence-electron chi connectivity index (χ1n) is 17.6. The molecule has 0 spiro atoms. The van der Waals surface area contributed by atoms with Crippen molar-refractivity contribution in [1.82, 2.24) is 0 Å². The Kier molecular flexibility index (Phi) is 13.1. The summed E-state index contributed by atoms with van der Waals surface area (Å²) in [5.74, 6) is 0.522. The molecule has 0 nitrogen and oxygen atoms in total. The molecule has 0 bridgehead atoms. The van der Waals surface area contributed by atoms with E-state index < -0.39 is 0 Å². The van der Waals surface area contributed by atoms with Crippen molar-refractivity contribution in [3.05, 3.63) is 124 Å². The van der Waals surface area contributed by atoms with Crippen LogP contribution < -0.4 is 24.8 Å². The molecule has 1 unspecified atom stereocenters. The van der Waals surface area contributed by atoms with Crippen molar-refractivity contribution in [2.24, 2.45) is 11.3 Å². The molecular weight excluding hydrogens is 715 g/mol. The minimum Gasteiger partial charge on any atom is -1.00 e. The molecule has 0 N–H and O–H groups in total. The predicted octanol–water partition coefficient (Wildman–Crippen LogP) is 7.02. The zero-order valence-electron chi connectivity index (χ0n) is 31.8. The number of hydrogen-bond acceptors (Lipinski definition) is 0. The largest absolute Gasteiger partial charge is 1.00 e. The van der Waals surface area contributed by atoms with Gasteiger partial charge < -0.3 is 24.8 Å². The maximum absolute atomic E-state index is 3.48. The average Bonchev–Trinajstić information content (AvgIpc) is 3.70. The molecule has 0 saturated heterocycles. The molecule has 0 fully saturated rings. The molecule has 0 heterocycles. The molecular formula is C46H54Cl2Zr-2. The van der Waals surface area contributed by atoms with Crippen LogP contribution in [0.2, 0.25) is 0 Å². The first kappa shape index (κ1) is 41.2. The number of allylic oxidation sites excluding steroid dienone is 8. The molecule has 0 saturated carbocycles. The van der Waals surface area contributed by atoms with Gasteiger partial charge in [-0.2, -0.15) is 11.6 Å².